The van der Waals surface area contributed by atoms with E-state index in [9.17, 15) is 0 Å². The van der Waals surface area contributed by atoms with Crippen molar-refractivity contribution in [3.05, 3.63) is 231 Å². The molecule has 0 atom stereocenters. The Morgan fingerprint density at radius 2 is 0.879 bits per heavy atom. The Bertz CT molecular complexity index is 3130. The van der Waals surface area contributed by atoms with Gasteiger partial charge >= 0.3 is 0 Å². The Labute approximate surface area is 338 Å². The van der Waals surface area contributed by atoms with Crippen LogP contribution in [-0.4, -0.2) is 12.6 Å². The van der Waals surface area contributed by atoms with Crippen LogP contribution < -0.4 is 25.6 Å². The summed E-state index contributed by atoms with van der Waals surface area (Å²) in [6.07, 6.45) is 0. The van der Waals surface area contributed by atoms with Gasteiger partial charge in [0.25, 0.3) is 0 Å². The van der Waals surface area contributed by atoms with Crippen LogP contribution in [0.3, 0.4) is 0 Å². The maximum Gasteiger partial charge on any atom is 0.179 e. The molecule has 11 aromatic rings. The van der Waals surface area contributed by atoms with Crippen LogP contribution in [0, 0.1) is 0 Å². The molecule has 2 aromatic heterocycles. The minimum Gasteiger partial charge on any atom is -0.454 e. The molecular formula is C54H38N2OSi. The second-order valence-electron chi connectivity index (χ2n) is 14.8. The molecule has 11 rings (SSSR count). The average molecular weight is 759 g/mol. The zero-order valence-corrected chi connectivity index (χ0v) is 32.7. The molecule has 274 valence electrons. The number of hydrogen-bond donors (Lipinski definition) is 0. The molecule has 0 saturated carbocycles. The van der Waals surface area contributed by atoms with E-state index >= 15 is 0 Å². The minimum absolute atomic E-state index is 0.857. The Balaban J connectivity index is 1.25. The normalized spacial score (nSPS) is 11.8. The third kappa shape index (κ3) is 5.27. The fourth-order valence-electron chi connectivity index (χ4n) is 9.30. The minimum atomic E-state index is -2.85. The van der Waals surface area contributed by atoms with E-state index < -0.39 is 8.07 Å². The van der Waals surface area contributed by atoms with Gasteiger partial charge in [-0.05, 0) is 75.3 Å². The van der Waals surface area contributed by atoms with E-state index in [2.05, 4.69) is 234 Å². The number of rotatable bonds is 8. The number of para-hydroxylation sites is 4. The monoisotopic (exact) mass is 758 g/mol. The van der Waals surface area contributed by atoms with Gasteiger partial charge in [-0.1, -0.05) is 176 Å². The highest BCUT2D eigenvalue weighted by Gasteiger charge is 2.41. The molecule has 0 amide bonds. The maximum absolute atomic E-state index is 6.85. The molecule has 0 aliphatic heterocycles. The van der Waals surface area contributed by atoms with Crippen molar-refractivity contribution < 1.29 is 4.42 Å². The van der Waals surface area contributed by atoms with E-state index in [1.807, 2.05) is 6.07 Å². The fourth-order valence-corrected chi connectivity index (χ4v) is 14.1. The molecule has 0 N–H and O–H groups in total. The number of aromatic nitrogens is 1. The molecule has 4 heteroatoms. The van der Waals surface area contributed by atoms with Crippen LogP contribution in [0.5, 0.6) is 0 Å². The summed E-state index contributed by atoms with van der Waals surface area (Å²) in [6.45, 7) is 0. The summed E-state index contributed by atoms with van der Waals surface area (Å²) in [5.41, 5.74) is 8.30. The highest BCUT2D eigenvalue weighted by Crippen LogP contribution is 2.46. The van der Waals surface area contributed by atoms with Gasteiger partial charge < -0.3 is 13.9 Å². The summed E-state index contributed by atoms with van der Waals surface area (Å²) in [4.78, 5) is 2.44. The first kappa shape index (κ1) is 33.9. The Hall–Kier alpha value is -7.40. The Kier molecular flexibility index (Phi) is 8.16. The van der Waals surface area contributed by atoms with Gasteiger partial charge in [-0.25, -0.2) is 0 Å². The molecule has 0 saturated heterocycles. The topological polar surface area (TPSA) is 21.3 Å². The fraction of sp³-hybridized carbons (Fsp3) is 0. The summed E-state index contributed by atoms with van der Waals surface area (Å²) in [6, 6.07) is 83.8. The standard InChI is InChI=1S/C54H38N2OSi/c1-5-20-39(21-6-1)55-48-33-15-13-31-47(48)53-49(55)34-19-35-50(53)56(51-36-18-32-46-45-30-14-16-37-52(45)57-54(46)51)40-22-17-29-44(38-40)58(41-23-7-2-8-24-41,42-25-9-3-10-26-42)43-27-11-4-12-28-43/h1-38H. The predicted molar refractivity (Wildman–Crippen MR) is 246 cm³/mol. The lowest BCUT2D eigenvalue weighted by atomic mass is 10.1. The summed E-state index contributed by atoms with van der Waals surface area (Å²) in [7, 11) is -2.85. The van der Waals surface area contributed by atoms with Crippen LogP contribution in [0.4, 0.5) is 17.1 Å². The third-order valence-electron chi connectivity index (χ3n) is 11.7. The Morgan fingerprint density at radius 1 is 0.379 bits per heavy atom. The predicted octanol–water partition coefficient (Wildman–Crippen LogP) is 11.5. The first-order valence-corrected chi connectivity index (χ1v) is 21.9. The molecule has 0 aliphatic carbocycles. The SMILES string of the molecule is c1ccc(-n2c3ccccc3c3c(N(c4cccc([Si](c5ccccc5)(c5ccccc5)c5ccccc5)c4)c4cccc5c4oc4ccccc45)cccc32)cc1. The zero-order valence-electron chi connectivity index (χ0n) is 31.7. The van der Waals surface area contributed by atoms with Crippen molar-refractivity contribution in [2.45, 2.75) is 0 Å². The van der Waals surface area contributed by atoms with Crippen LogP contribution in [0.25, 0.3) is 49.4 Å². The van der Waals surface area contributed by atoms with Gasteiger partial charge in [0.15, 0.2) is 13.7 Å². The molecule has 58 heavy (non-hydrogen) atoms. The van der Waals surface area contributed by atoms with Crippen molar-refractivity contribution in [2.24, 2.45) is 0 Å². The van der Waals surface area contributed by atoms with E-state index in [0.29, 0.717) is 0 Å². The third-order valence-corrected chi connectivity index (χ3v) is 16.5. The highest BCUT2D eigenvalue weighted by molar-refractivity contribution is 7.19. The van der Waals surface area contributed by atoms with E-state index in [-0.39, 0.29) is 0 Å². The first-order chi connectivity index (χ1) is 28.8. The van der Waals surface area contributed by atoms with Gasteiger partial charge in [0, 0.05) is 32.9 Å². The first-order valence-electron chi connectivity index (χ1n) is 19.9. The van der Waals surface area contributed by atoms with Gasteiger partial charge in [0.1, 0.15) is 5.58 Å². The number of anilines is 3. The number of hydrogen-bond acceptors (Lipinski definition) is 2. The van der Waals surface area contributed by atoms with Crippen LogP contribution in [0.1, 0.15) is 0 Å². The average Bonchev–Trinajstić information content (AvgIpc) is 3.85. The smallest absolute Gasteiger partial charge is 0.179 e. The second kappa shape index (κ2) is 14.0. The molecule has 0 fully saturated rings. The lowest BCUT2D eigenvalue weighted by Gasteiger charge is -2.35. The van der Waals surface area contributed by atoms with Crippen molar-refractivity contribution in [3.63, 3.8) is 0 Å². The quantitative estimate of drug-likeness (QED) is 0.114. The number of furan rings is 1. The number of fused-ring (bicyclic) bond motifs is 6. The highest BCUT2D eigenvalue weighted by atomic mass is 28.3. The largest absolute Gasteiger partial charge is 0.454 e. The van der Waals surface area contributed by atoms with Gasteiger partial charge in [-0.15, -0.1) is 0 Å². The number of nitrogens with zero attached hydrogens (tertiary/aromatic N) is 2. The zero-order chi connectivity index (χ0) is 38.5. The summed E-state index contributed by atoms with van der Waals surface area (Å²) >= 11 is 0. The molecule has 9 aromatic carbocycles. The summed E-state index contributed by atoms with van der Waals surface area (Å²) in [5.74, 6) is 0. The van der Waals surface area contributed by atoms with E-state index in [0.717, 1.165) is 55.7 Å². The van der Waals surface area contributed by atoms with Gasteiger partial charge in [0.05, 0.1) is 22.4 Å². The second-order valence-corrected chi connectivity index (χ2v) is 18.7. The molecule has 0 aliphatic rings. The van der Waals surface area contributed by atoms with E-state index in [1.165, 1.54) is 31.5 Å². The lowest BCUT2D eigenvalue weighted by Crippen LogP contribution is -2.74. The molecule has 0 bridgehead atoms. The van der Waals surface area contributed by atoms with Crippen molar-refractivity contribution >= 4 is 89.6 Å². The van der Waals surface area contributed by atoms with Gasteiger partial charge in [-0.2, -0.15) is 0 Å². The molecule has 3 nitrogen and oxygen atoms in total. The van der Waals surface area contributed by atoms with Crippen LogP contribution >= 0.6 is 0 Å². The van der Waals surface area contributed by atoms with Crippen molar-refractivity contribution in [1.82, 2.24) is 4.57 Å². The maximum atomic E-state index is 6.85. The molecule has 2 heterocycles. The van der Waals surface area contributed by atoms with E-state index in [4.69, 9.17) is 4.42 Å². The van der Waals surface area contributed by atoms with Crippen molar-refractivity contribution in [1.29, 1.82) is 0 Å². The Morgan fingerprint density at radius 3 is 1.57 bits per heavy atom. The number of benzene rings is 9. The van der Waals surface area contributed by atoms with Crippen LogP contribution in [0.2, 0.25) is 0 Å². The molecule has 0 spiro atoms. The molecular weight excluding hydrogens is 721 g/mol. The van der Waals surface area contributed by atoms with Crippen LogP contribution in [0.15, 0.2) is 235 Å². The molecule has 0 radical (unpaired) electrons. The summed E-state index contributed by atoms with van der Waals surface area (Å²) in [5, 5.41) is 9.88. The van der Waals surface area contributed by atoms with Crippen molar-refractivity contribution in [2.75, 3.05) is 4.90 Å². The van der Waals surface area contributed by atoms with Gasteiger partial charge in [-0.3, -0.25) is 0 Å². The van der Waals surface area contributed by atoms with Crippen molar-refractivity contribution in [3.8, 4) is 5.69 Å². The van der Waals surface area contributed by atoms with E-state index in [1.54, 1.807) is 0 Å². The van der Waals surface area contributed by atoms with Gasteiger partial charge in [0.2, 0.25) is 0 Å². The molecule has 0 unspecified atom stereocenters. The summed E-state index contributed by atoms with van der Waals surface area (Å²) < 4.78 is 9.24. The lowest BCUT2D eigenvalue weighted by molar-refractivity contribution is 0.669. The van der Waals surface area contributed by atoms with Crippen LogP contribution in [-0.2, 0) is 0 Å².